The molecule has 2 fully saturated rings. The number of piperazine rings is 1. The molecule has 39 heavy (non-hydrogen) atoms. The lowest BCUT2D eigenvalue weighted by Crippen LogP contribution is -2.44. The van der Waals surface area contributed by atoms with Gasteiger partial charge in [0.1, 0.15) is 5.82 Å². The summed E-state index contributed by atoms with van der Waals surface area (Å²) in [6.45, 7) is 5.95. The minimum atomic E-state index is -0.621. The standard InChI is InChI=1S/C30H39N7O2/c1-3-25-29(32-21-9-12-23(38)13-10-21)35-30(27(34-25)28(31)39)33-22-11-14-26(37-17-15-36(2)16-18-37)24(19-22)20-7-5-4-6-8-20/h4-8,11,14,19,21,23,38H,3,9-10,12-13,15-18H2,1-2H3,(H2,31,39)(H2,32,33,35)/t21-,23-. The number of carbonyl (C=O) groups excluding carboxylic acids is 1. The SMILES string of the molecule is CCc1nc(C(N)=O)c(Nc2ccc(N3CCN(C)CC3)c(-c3ccccc3)c2)nc1N[C@H]1CC[C@H](O)CC1. The summed E-state index contributed by atoms with van der Waals surface area (Å²) < 4.78 is 0. The molecule has 0 unspecified atom stereocenters. The lowest BCUT2D eigenvalue weighted by Gasteiger charge is -2.35. The molecule has 1 saturated heterocycles. The van der Waals surface area contributed by atoms with E-state index in [0.717, 1.165) is 68.7 Å². The zero-order valence-corrected chi connectivity index (χ0v) is 22.9. The molecule has 1 aromatic heterocycles. The highest BCUT2D eigenvalue weighted by atomic mass is 16.3. The Morgan fingerprint density at radius 3 is 2.38 bits per heavy atom. The fraction of sp³-hybridized carbons (Fsp3) is 0.433. The average Bonchev–Trinajstić information content (AvgIpc) is 2.95. The molecule has 2 aliphatic rings. The first-order valence-electron chi connectivity index (χ1n) is 14.0. The Morgan fingerprint density at radius 1 is 1.00 bits per heavy atom. The van der Waals surface area contributed by atoms with Crippen LogP contribution in [0.15, 0.2) is 48.5 Å². The molecule has 1 saturated carbocycles. The molecule has 1 aliphatic carbocycles. The second kappa shape index (κ2) is 12.0. The van der Waals surface area contributed by atoms with Gasteiger partial charge in [-0.25, -0.2) is 9.97 Å². The van der Waals surface area contributed by atoms with Crippen molar-refractivity contribution in [3.8, 4) is 11.1 Å². The van der Waals surface area contributed by atoms with E-state index in [1.54, 1.807) is 0 Å². The fourth-order valence-electron chi connectivity index (χ4n) is 5.43. The monoisotopic (exact) mass is 529 g/mol. The van der Waals surface area contributed by atoms with Crippen LogP contribution in [0, 0.1) is 0 Å². The Morgan fingerprint density at radius 2 is 1.72 bits per heavy atom. The number of aliphatic hydroxyl groups excluding tert-OH is 1. The van der Waals surface area contributed by atoms with E-state index in [2.05, 4.69) is 56.7 Å². The molecule has 0 bridgehead atoms. The van der Waals surface area contributed by atoms with Crippen molar-refractivity contribution >= 4 is 28.9 Å². The first kappa shape index (κ1) is 26.9. The minimum absolute atomic E-state index is 0.126. The smallest absolute Gasteiger partial charge is 0.271 e. The topological polar surface area (TPSA) is 120 Å². The largest absolute Gasteiger partial charge is 0.393 e. The van der Waals surface area contributed by atoms with Gasteiger partial charge < -0.3 is 31.3 Å². The molecular formula is C30H39N7O2. The Hall–Kier alpha value is -3.69. The Kier molecular flexibility index (Phi) is 8.28. The summed E-state index contributed by atoms with van der Waals surface area (Å²) in [4.78, 5) is 26.6. The zero-order valence-electron chi connectivity index (χ0n) is 22.9. The number of likely N-dealkylation sites (N-methyl/N-ethyl adjacent to an activating group) is 1. The van der Waals surface area contributed by atoms with E-state index in [1.807, 2.05) is 31.2 Å². The summed E-state index contributed by atoms with van der Waals surface area (Å²) in [7, 11) is 2.16. The van der Waals surface area contributed by atoms with E-state index < -0.39 is 5.91 Å². The predicted molar refractivity (Wildman–Crippen MR) is 157 cm³/mol. The number of hydrogen-bond donors (Lipinski definition) is 4. The van der Waals surface area contributed by atoms with Gasteiger partial charge in [0, 0.05) is 49.2 Å². The van der Waals surface area contributed by atoms with Gasteiger partial charge in [-0.1, -0.05) is 37.3 Å². The molecule has 0 radical (unpaired) electrons. The molecule has 9 heteroatoms. The van der Waals surface area contributed by atoms with E-state index >= 15 is 0 Å². The van der Waals surface area contributed by atoms with Gasteiger partial charge in [-0.3, -0.25) is 4.79 Å². The van der Waals surface area contributed by atoms with Crippen LogP contribution >= 0.6 is 0 Å². The molecule has 0 atom stereocenters. The van der Waals surface area contributed by atoms with Crippen molar-refractivity contribution < 1.29 is 9.90 Å². The normalized spacial score (nSPS) is 20.0. The number of primary amides is 1. The third kappa shape index (κ3) is 6.32. The maximum atomic E-state index is 12.4. The van der Waals surface area contributed by atoms with Crippen molar-refractivity contribution in [1.82, 2.24) is 14.9 Å². The van der Waals surface area contributed by atoms with Gasteiger partial charge in [-0.2, -0.15) is 0 Å². The summed E-state index contributed by atoms with van der Waals surface area (Å²) in [6.07, 6.45) is 3.63. The summed E-state index contributed by atoms with van der Waals surface area (Å²) in [5.74, 6) is 0.373. The number of amides is 1. The van der Waals surface area contributed by atoms with Gasteiger partial charge in [0.15, 0.2) is 11.5 Å². The van der Waals surface area contributed by atoms with Crippen LogP contribution in [0.2, 0.25) is 0 Å². The van der Waals surface area contributed by atoms with Crippen LogP contribution in [0.5, 0.6) is 0 Å². The van der Waals surface area contributed by atoms with E-state index in [4.69, 9.17) is 10.7 Å². The number of nitrogens with zero attached hydrogens (tertiary/aromatic N) is 4. The van der Waals surface area contributed by atoms with Gasteiger partial charge >= 0.3 is 0 Å². The van der Waals surface area contributed by atoms with E-state index in [-0.39, 0.29) is 17.8 Å². The van der Waals surface area contributed by atoms with Gasteiger partial charge in [-0.05, 0) is 62.9 Å². The first-order valence-corrected chi connectivity index (χ1v) is 14.0. The Balaban J connectivity index is 1.48. The number of aryl methyl sites for hydroxylation is 1. The second-order valence-corrected chi connectivity index (χ2v) is 10.6. The van der Waals surface area contributed by atoms with Gasteiger partial charge in [-0.15, -0.1) is 0 Å². The van der Waals surface area contributed by atoms with Gasteiger partial charge in [0.05, 0.1) is 11.8 Å². The molecule has 9 nitrogen and oxygen atoms in total. The first-order chi connectivity index (χ1) is 18.9. The van der Waals surface area contributed by atoms with Gasteiger partial charge in [0.2, 0.25) is 0 Å². The number of aliphatic hydroxyl groups is 1. The number of aromatic nitrogens is 2. The maximum Gasteiger partial charge on any atom is 0.271 e. The molecule has 2 aromatic carbocycles. The van der Waals surface area contributed by atoms with Crippen LogP contribution in [0.3, 0.4) is 0 Å². The van der Waals surface area contributed by atoms with E-state index in [0.29, 0.717) is 23.8 Å². The molecule has 5 N–H and O–H groups in total. The van der Waals surface area contributed by atoms with Crippen LogP contribution in [0.4, 0.5) is 23.0 Å². The number of benzene rings is 2. The van der Waals surface area contributed by atoms with Crippen LogP contribution in [0.1, 0.15) is 48.8 Å². The number of anilines is 4. The molecule has 2 heterocycles. The van der Waals surface area contributed by atoms with Crippen LogP contribution in [-0.4, -0.2) is 71.3 Å². The maximum absolute atomic E-state index is 12.4. The Labute approximate surface area is 230 Å². The van der Waals surface area contributed by atoms with Crippen molar-refractivity contribution in [2.45, 2.75) is 51.2 Å². The number of hydrogen-bond acceptors (Lipinski definition) is 8. The number of carbonyl (C=O) groups is 1. The van der Waals surface area contributed by atoms with Crippen molar-refractivity contribution in [3.05, 3.63) is 59.9 Å². The third-order valence-corrected chi connectivity index (χ3v) is 7.76. The molecule has 0 spiro atoms. The second-order valence-electron chi connectivity index (χ2n) is 10.6. The molecule has 1 amide bonds. The van der Waals surface area contributed by atoms with E-state index in [1.165, 1.54) is 5.69 Å². The summed E-state index contributed by atoms with van der Waals surface area (Å²) in [5.41, 5.74) is 10.8. The molecule has 5 rings (SSSR count). The summed E-state index contributed by atoms with van der Waals surface area (Å²) >= 11 is 0. The number of nitrogens with one attached hydrogen (secondary N) is 2. The molecule has 3 aromatic rings. The van der Waals surface area contributed by atoms with Crippen molar-refractivity contribution in [2.75, 3.05) is 48.8 Å². The van der Waals surface area contributed by atoms with Crippen LogP contribution in [-0.2, 0) is 6.42 Å². The molecular weight excluding hydrogens is 490 g/mol. The lowest BCUT2D eigenvalue weighted by atomic mass is 9.93. The predicted octanol–water partition coefficient (Wildman–Crippen LogP) is 4.02. The van der Waals surface area contributed by atoms with Gasteiger partial charge in [0.25, 0.3) is 5.91 Å². The van der Waals surface area contributed by atoms with Crippen molar-refractivity contribution in [1.29, 1.82) is 0 Å². The summed E-state index contributed by atoms with van der Waals surface area (Å²) in [6, 6.07) is 16.8. The quantitative estimate of drug-likeness (QED) is 0.346. The number of rotatable bonds is 8. The highest BCUT2D eigenvalue weighted by Crippen LogP contribution is 2.35. The minimum Gasteiger partial charge on any atom is -0.393 e. The highest BCUT2D eigenvalue weighted by Gasteiger charge is 2.24. The van der Waals surface area contributed by atoms with Crippen molar-refractivity contribution in [3.63, 3.8) is 0 Å². The fourth-order valence-corrected chi connectivity index (χ4v) is 5.43. The zero-order chi connectivity index (χ0) is 27.4. The average molecular weight is 530 g/mol. The number of nitrogens with two attached hydrogens (primary N) is 1. The Bertz CT molecular complexity index is 1280. The van der Waals surface area contributed by atoms with Crippen LogP contribution < -0.4 is 21.3 Å². The van der Waals surface area contributed by atoms with Crippen molar-refractivity contribution in [2.24, 2.45) is 5.73 Å². The molecule has 206 valence electrons. The molecule has 1 aliphatic heterocycles. The summed E-state index contributed by atoms with van der Waals surface area (Å²) in [5, 5.41) is 16.8. The lowest BCUT2D eigenvalue weighted by molar-refractivity contribution is 0.0996. The highest BCUT2D eigenvalue weighted by molar-refractivity contribution is 5.97. The third-order valence-electron chi connectivity index (χ3n) is 7.76. The van der Waals surface area contributed by atoms with Crippen LogP contribution in [0.25, 0.3) is 11.1 Å². The van der Waals surface area contributed by atoms with E-state index in [9.17, 15) is 9.90 Å².